The molecule has 2 rings (SSSR count). The lowest BCUT2D eigenvalue weighted by Crippen LogP contribution is -2.55. The van der Waals surface area contributed by atoms with Crippen molar-refractivity contribution in [1.82, 2.24) is 15.5 Å². The Morgan fingerprint density at radius 2 is 2.69 bits per heavy atom. The molecular weight excluding hydrogens is 228 g/mol. The van der Waals surface area contributed by atoms with Gasteiger partial charge in [0.15, 0.2) is 0 Å². The fourth-order valence-corrected chi connectivity index (χ4v) is 2.31. The summed E-state index contributed by atoms with van der Waals surface area (Å²) in [6, 6.07) is -0.290. The Hall–Kier alpha value is -1.21. The minimum Gasteiger partial charge on any atom is -0.464 e. The Bertz CT molecular complexity index is 343. The number of hydrogen-bond donors (Lipinski definition) is 1. The number of ether oxygens (including phenoxy) is 1. The second-order valence-electron chi connectivity index (χ2n) is 3.39. The molecule has 1 atom stereocenters. The molecule has 0 spiro atoms. The number of aromatic nitrogens is 2. The predicted molar refractivity (Wildman–Crippen MR) is 60.5 cm³/mol. The fourth-order valence-electron chi connectivity index (χ4n) is 1.67. The van der Waals surface area contributed by atoms with Crippen molar-refractivity contribution in [3.8, 4) is 0 Å². The standard InChI is InChI=1S/C9H14N4O2S/c1-2-15-8(14)7-5-10-3-4-13(7)9-12-11-6-16-9/h6-7,10H,2-5H2,1H3. The largest absolute Gasteiger partial charge is 0.464 e. The molecule has 1 aromatic heterocycles. The quantitative estimate of drug-likeness (QED) is 0.745. The second-order valence-corrected chi connectivity index (χ2v) is 4.20. The molecule has 0 bridgehead atoms. The Kier molecular flexibility index (Phi) is 3.68. The van der Waals surface area contributed by atoms with E-state index in [2.05, 4.69) is 15.5 Å². The lowest BCUT2D eigenvalue weighted by atomic mass is 10.2. The number of carbonyl (C=O) groups excluding carboxylic acids is 1. The van der Waals surface area contributed by atoms with Crippen LogP contribution in [0, 0.1) is 0 Å². The molecular formula is C9H14N4O2S. The van der Waals surface area contributed by atoms with E-state index >= 15 is 0 Å². The highest BCUT2D eigenvalue weighted by molar-refractivity contribution is 7.13. The van der Waals surface area contributed by atoms with Crippen LogP contribution in [0.1, 0.15) is 6.92 Å². The highest BCUT2D eigenvalue weighted by Crippen LogP contribution is 2.20. The van der Waals surface area contributed by atoms with Gasteiger partial charge in [-0.1, -0.05) is 11.3 Å². The van der Waals surface area contributed by atoms with Crippen LogP contribution in [0.4, 0.5) is 5.13 Å². The SMILES string of the molecule is CCOC(=O)C1CNCCN1c1nncs1. The molecule has 0 aliphatic carbocycles. The molecule has 0 saturated carbocycles. The summed E-state index contributed by atoms with van der Waals surface area (Å²) in [5, 5.41) is 11.7. The molecule has 16 heavy (non-hydrogen) atoms. The van der Waals surface area contributed by atoms with Crippen molar-refractivity contribution in [2.75, 3.05) is 31.1 Å². The number of nitrogens with zero attached hydrogens (tertiary/aromatic N) is 3. The molecule has 1 fully saturated rings. The predicted octanol–water partition coefficient (Wildman–Crippen LogP) is -0.121. The van der Waals surface area contributed by atoms with Gasteiger partial charge in [-0.3, -0.25) is 0 Å². The van der Waals surface area contributed by atoms with Gasteiger partial charge in [0, 0.05) is 19.6 Å². The zero-order valence-electron chi connectivity index (χ0n) is 9.05. The van der Waals surface area contributed by atoms with Crippen LogP contribution in [0.3, 0.4) is 0 Å². The highest BCUT2D eigenvalue weighted by Gasteiger charge is 2.31. The van der Waals surface area contributed by atoms with E-state index in [-0.39, 0.29) is 12.0 Å². The maximum absolute atomic E-state index is 11.8. The summed E-state index contributed by atoms with van der Waals surface area (Å²) in [5.41, 5.74) is 1.67. The first-order chi connectivity index (χ1) is 7.83. The number of hydrogen-bond acceptors (Lipinski definition) is 7. The minimum atomic E-state index is -0.290. The summed E-state index contributed by atoms with van der Waals surface area (Å²) >= 11 is 1.44. The average Bonchev–Trinajstić information content (AvgIpc) is 2.83. The van der Waals surface area contributed by atoms with Crippen molar-refractivity contribution in [2.24, 2.45) is 0 Å². The third-order valence-corrected chi connectivity index (χ3v) is 3.12. The van der Waals surface area contributed by atoms with Gasteiger partial charge < -0.3 is 15.0 Å². The van der Waals surface area contributed by atoms with Gasteiger partial charge in [-0.2, -0.15) is 0 Å². The Labute approximate surface area is 97.6 Å². The molecule has 6 nitrogen and oxygen atoms in total. The molecule has 88 valence electrons. The maximum Gasteiger partial charge on any atom is 0.330 e. The van der Waals surface area contributed by atoms with Crippen molar-refractivity contribution < 1.29 is 9.53 Å². The van der Waals surface area contributed by atoms with Crippen molar-refractivity contribution in [1.29, 1.82) is 0 Å². The van der Waals surface area contributed by atoms with Crippen LogP contribution in [-0.4, -0.2) is 48.4 Å². The van der Waals surface area contributed by atoms with Crippen molar-refractivity contribution in [3.63, 3.8) is 0 Å². The summed E-state index contributed by atoms with van der Waals surface area (Å²) in [7, 11) is 0. The first-order valence-corrected chi connectivity index (χ1v) is 6.11. The number of anilines is 1. The molecule has 1 aliphatic rings. The summed E-state index contributed by atoms with van der Waals surface area (Å²) < 4.78 is 5.05. The number of carbonyl (C=O) groups is 1. The van der Waals surface area contributed by atoms with E-state index in [1.165, 1.54) is 11.3 Å². The monoisotopic (exact) mass is 242 g/mol. The Balaban J connectivity index is 2.11. The number of esters is 1. The molecule has 0 radical (unpaired) electrons. The number of rotatable bonds is 3. The topological polar surface area (TPSA) is 67.3 Å². The lowest BCUT2D eigenvalue weighted by molar-refractivity contribution is -0.144. The van der Waals surface area contributed by atoms with Crippen LogP contribution in [0.5, 0.6) is 0 Å². The number of piperazine rings is 1. The molecule has 2 heterocycles. The smallest absolute Gasteiger partial charge is 0.330 e. The second kappa shape index (κ2) is 5.22. The van der Waals surface area contributed by atoms with Gasteiger partial charge in [0.05, 0.1) is 6.61 Å². The van der Waals surface area contributed by atoms with Gasteiger partial charge in [0.25, 0.3) is 0 Å². The Morgan fingerprint density at radius 3 is 3.38 bits per heavy atom. The van der Waals surface area contributed by atoms with E-state index in [1.807, 2.05) is 11.8 Å². The fraction of sp³-hybridized carbons (Fsp3) is 0.667. The lowest BCUT2D eigenvalue weighted by Gasteiger charge is -2.33. The highest BCUT2D eigenvalue weighted by atomic mass is 32.1. The zero-order valence-corrected chi connectivity index (χ0v) is 9.87. The Morgan fingerprint density at radius 1 is 1.81 bits per heavy atom. The molecule has 1 aliphatic heterocycles. The van der Waals surface area contributed by atoms with E-state index in [4.69, 9.17) is 4.74 Å². The number of nitrogens with one attached hydrogen (secondary N) is 1. The van der Waals surface area contributed by atoms with E-state index in [9.17, 15) is 4.79 Å². The zero-order chi connectivity index (χ0) is 11.4. The van der Waals surface area contributed by atoms with Crippen LogP contribution in [0.2, 0.25) is 0 Å². The molecule has 1 saturated heterocycles. The van der Waals surface area contributed by atoms with Gasteiger partial charge in [0.2, 0.25) is 5.13 Å². The first-order valence-electron chi connectivity index (χ1n) is 5.23. The van der Waals surface area contributed by atoms with Gasteiger partial charge in [-0.25, -0.2) is 4.79 Å². The van der Waals surface area contributed by atoms with E-state index in [0.29, 0.717) is 13.2 Å². The van der Waals surface area contributed by atoms with Crippen LogP contribution in [-0.2, 0) is 9.53 Å². The van der Waals surface area contributed by atoms with Crippen LogP contribution >= 0.6 is 11.3 Å². The van der Waals surface area contributed by atoms with Crippen molar-refractivity contribution >= 4 is 22.4 Å². The molecule has 0 amide bonds. The summed E-state index contributed by atoms with van der Waals surface area (Å²) in [4.78, 5) is 13.7. The first kappa shape index (κ1) is 11.3. The van der Waals surface area contributed by atoms with Crippen molar-refractivity contribution in [2.45, 2.75) is 13.0 Å². The molecule has 0 aromatic carbocycles. The molecule has 7 heteroatoms. The van der Waals surface area contributed by atoms with Crippen LogP contribution < -0.4 is 10.2 Å². The molecule has 1 N–H and O–H groups in total. The minimum absolute atomic E-state index is 0.204. The normalized spacial score (nSPS) is 20.8. The third-order valence-electron chi connectivity index (χ3n) is 2.40. The van der Waals surface area contributed by atoms with Gasteiger partial charge in [0.1, 0.15) is 11.6 Å². The van der Waals surface area contributed by atoms with E-state index in [0.717, 1.165) is 18.2 Å². The van der Waals surface area contributed by atoms with Gasteiger partial charge in [-0.15, -0.1) is 10.2 Å². The summed E-state index contributed by atoms with van der Waals surface area (Å²) in [6.07, 6.45) is 0. The summed E-state index contributed by atoms with van der Waals surface area (Å²) in [6.45, 7) is 4.40. The van der Waals surface area contributed by atoms with Crippen molar-refractivity contribution in [3.05, 3.63) is 5.51 Å². The van der Waals surface area contributed by atoms with E-state index < -0.39 is 0 Å². The maximum atomic E-state index is 11.8. The third kappa shape index (κ3) is 2.30. The van der Waals surface area contributed by atoms with Crippen LogP contribution in [0.25, 0.3) is 0 Å². The van der Waals surface area contributed by atoms with Gasteiger partial charge >= 0.3 is 5.97 Å². The molecule has 1 unspecified atom stereocenters. The van der Waals surface area contributed by atoms with Gasteiger partial charge in [-0.05, 0) is 6.92 Å². The van der Waals surface area contributed by atoms with E-state index in [1.54, 1.807) is 5.51 Å². The summed E-state index contributed by atoms with van der Waals surface area (Å²) in [5.74, 6) is -0.204. The molecule has 1 aromatic rings. The van der Waals surface area contributed by atoms with Crippen LogP contribution in [0.15, 0.2) is 5.51 Å². The average molecular weight is 242 g/mol.